The molecule has 1 heterocycles. The van der Waals surface area contributed by atoms with Crippen LogP contribution in [0, 0.1) is 0 Å². The van der Waals surface area contributed by atoms with Gasteiger partial charge in [0.2, 0.25) is 0 Å². The van der Waals surface area contributed by atoms with E-state index in [-0.39, 0.29) is 6.03 Å². The van der Waals surface area contributed by atoms with Gasteiger partial charge in [0.05, 0.1) is 6.54 Å². The largest absolute Gasteiger partial charge is 0.492 e. The second kappa shape index (κ2) is 11.1. The van der Waals surface area contributed by atoms with E-state index in [0.717, 1.165) is 48.9 Å². The van der Waals surface area contributed by atoms with Crippen LogP contribution in [0.15, 0.2) is 59.6 Å². The summed E-state index contributed by atoms with van der Waals surface area (Å²) in [6.45, 7) is 3.57. The fourth-order valence-electron chi connectivity index (χ4n) is 3.37. The third-order valence-corrected chi connectivity index (χ3v) is 5.03. The second-order valence-electron chi connectivity index (χ2n) is 7.31. The first-order valence-corrected chi connectivity index (χ1v) is 10.4. The predicted molar refractivity (Wildman–Crippen MR) is 121 cm³/mol. The van der Waals surface area contributed by atoms with Gasteiger partial charge in [0, 0.05) is 39.4 Å². The number of ether oxygens (including phenoxy) is 1. The monoisotopic (exact) mass is 409 g/mol. The molecule has 3 rings (SSSR count). The molecule has 0 aliphatic carbocycles. The van der Waals surface area contributed by atoms with Gasteiger partial charge >= 0.3 is 6.03 Å². The summed E-state index contributed by atoms with van der Waals surface area (Å²) >= 11 is 0. The van der Waals surface area contributed by atoms with Crippen LogP contribution in [0.5, 0.6) is 5.75 Å². The van der Waals surface area contributed by atoms with Gasteiger partial charge in [-0.25, -0.2) is 4.79 Å². The number of aliphatic imine (C=N–C) groups is 1. The van der Waals surface area contributed by atoms with Crippen molar-refractivity contribution in [2.45, 2.75) is 19.4 Å². The van der Waals surface area contributed by atoms with E-state index in [0.29, 0.717) is 19.7 Å². The summed E-state index contributed by atoms with van der Waals surface area (Å²) in [6, 6.07) is 17.7. The van der Waals surface area contributed by atoms with Gasteiger partial charge in [0.25, 0.3) is 0 Å². The summed E-state index contributed by atoms with van der Waals surface area (Å²) in [7, 11) is 3.75. The van der Waals surface area contributed by atoms with Crippen molar-refractivity contribution in [1.29, 1.82) is 0 Å². The number of nitrogens with one attached hydrogen (secondary N) is 2. The van der Waals surface area contributed by atoms with E-state index in [4.69, 9.17) is 4.74 Å². The SMILES string of the molecule is CN=C(NCc1cccc(NC(=O)N2CCCC2)c1)N(C)CCOc1ccccc1. The van der Waals surface area contributed by atoms with Gasteiger partial charge in [-0.05, 0) is 42.7 Å². The molecule has 2 amide bonds. The highest BCUT2D eigenvalue weighted by Gasteiger charge is 2.17. The average Bonchev–Trinajstić information content (AvgIpc) is 3.30. The van der Waals surface area contributed by atoms with Crippen molar-refractivity contribution in [3.8, 4) is 5.75 Å². The Bertz CT molecular complexity index is 834. The van der Waals surface area contributed by atoms with E-state index < -0.39 is 0 Å². The Morgan fingerprint density at radius 3 is 2.63 bits per heavy atom. The molecule has 160 valence electrons. The Morgan fingerprint density at radius 1 is 1.13 bits per heavy atom. The molecule has 30 heavy (non-hydrogen) atoms. The van der Waals surface area contributed by atoms with E-state index in [2.05, 4.69) is 15.6 Å². The van der Waals surface area contributed by atoms with E-state index in [9.17, 15) is 4.79 Å². The highest BCUT2D eigenvalue weighted by atomic mass is 16.5. The molecule has 1 aliphatic rings. The molecule has 0 bridgehead atoms. The standard InChI is InChI=1S/C23H31N5O2/c1-24-22(27(2)15-16-30-21-11-4-3-5-12-21)25-18-19-9-8-10-20(17-19)26-23(29)28-13-6-7-14-28/h3-5,8-12,17H,6-7,13-16,18H2,1-2H3,(H,24,25)(H,26,29). The van der Waals surface area contributed by atoms with Crippen molar-refractivity contribution >= 4 is 17.7 Å². The van der Waals surface area contributed by atoms with Crippen LogP contribution >= 0.6 is 0 Å². The second-order valence-corrected chi connectivity index (χ2v) is 7.31. The lowest BCUT2D eigenvalue weighted by atomic mass is 10.2. The number of guanidine groups is 1. The number of carbonyl (C=O) groups is 1. The molecule has 0 saturated carbocycles. The zero-order valence-electron chi connectivity index (χ0n) is 17.8. The topological polar surface area (TPSA) is 69.2 Å². The molecule has 2 aromatic carbocycles. The lowest BCUT2D eigenvalue weighted by Crippen LogP contribution is -2.40. The van der Waals surface area contributed by atoms with Gasteiger partial charge in [0.1, 0.15) is 12.4 Å². The third kappa shape index (κ3) is 6.40. The number of para-hydroxylation sites is 1. The zero-order chi connectivity index (χ0) is 21.2. The summed E-state index contributed by atoms with van der Waals surface area (Å²) in [5, 5.41) is 6.36. The van der Waals surface area contributed by atoms with E-state index in [1.54, 1.807) is 7.05 Å². The van der Waals surface area contributed by atoms with Gasteiger partial charge in [-0.3, -0.25) is 4.99 Å². The van der Waals surface area contributed by atoms with Gasteiger partial charge in [0.15, 0.2) is 5.96 Å². The number of urea groups is 1. The normalized spacial score (nSPS) is 13.8. The Kier molecular flexibility index (Phi) is 7.94. The highest BCUT2D eigenvalue weighted by molar-refractivity contribution is 5.89. The molecule has 0 aromatic heterocycles. The van der Waals surface area contributed by atoms with Gasteiger partial charge in [-0.1, -0.05) is 30.3 Å². The van der Waals surface area contributed by atoms with Crippen LogP contribution < -0.4 is 15.4 Å². The molecule has 0 unspecified atom stereocenters. The maximum atomic E-state index is 12.3. The van der Waals surface area contributed by atoms with Crippen molar-refractivity contribution in [2.75, 3.05) is 45.7 Å². The highest BCUT2D eigenvalue weighted by Crippen LogP contribution is 2.14. The number of carbonyl (C=O) groups excluding carboxylic acids is 1. The number of likely N-dealkylation sites (N-methyl/N-ethyl adjacent to an activating group) is 1. The van der Waals surface area contributed by atoms with Crippen LogP contribution in [0.2, 0.25) is 0 Å². The molecule has 1 fully saturated rings. The van der Waals surface area contributed by atoms with Gasteiger partial charge in [-0.2, -0.15) is 0 Å². The molecular weight excluding hydrogens is 378 g/mol. The van der Waals surface area contributed by atoms with Crippen molar-refractivity contribution < 1.29 is 9.53 Å². The van der Waals surface area contributed by atoms with E-state index in [1.165, 1.54) is 0 Å². The Labute approximate surface area is 178 Å². The number of rotatable bonds is 7. The van der Waals surface area contributed by atoms with Crippen molar-refractivity contribution in [3.63, 3.8) is 0 Å². The number of benzene rings is 2. The summed E-state index contributed by atoms with van der Waals surface area (Å²) in [5.74, 6) is 1.65. The van der Waals surface area contributed by atoms with Gasteiger partial charge in [-0.15, -0.1) is 0 Å². The Balaban J connectivity index is 1.46. The Morgan fingerprint density at radius 2 is 1.90 bits per heavy atom. The minimum atomic E-state index is -0.0217. The number of anilines is 1. The Hall–Kier alpha value is -3.22. The molecule has 0 radical (unpaired) electrons. The van der Waals surface area contributed by atoms with Crippen LogP contribution in [0.25, 0.3) is 0 Å². The van der Waals surface area contributed by atoms with Crippen LogP contribution in [-0.4, -0.2) is 62.1 Å². The fourth-order valence-corrected chi connectivity index (χ4v) is 3.37. The average molecular weight is 410 g/mol. The quantitative estimate of drug-likeness (QED) is 0.543. The first-order chi connectivity index (χ1) is 14.7. The number of nitrogens with zero attached hydrogens (tertiary/aromatic N) is 3. The van der Waals surface area contributed by atoms with E-state index >= 15 is 0 Å². The van der Waals surface area contributed by atoms with Gasteiger partial charge < -0.3 is 25.2 Å². The van der Waals surface area contributed by atoms with Crippen LogP contribution in [0.3, 0.4) is 0 Å². The van der Waals surface area contributed by atoms with Crippen molar-refractivity contribution in [3.05, 3.63) is 60.2 Å². The smallest absolute Gasteiger partial charge is 0.321 e. The van der Waals surface area contributed by atoms with Crippen molar-refractivity contribution in [1.82, 2.24) is 15.1 Å². The molecular formula is C23H31N5O2. The molecule has 1 aliphatic heterocycles. The summed E-state index contributed by atoms with van der Waals surface area (Å²) < 4.78 is 5.76. The maximum Gasteiger partial charge on any atom is 0.321 e. The van der Waals surface area contributed by atoms with Crippen molar-refractivity contribution in [2.24, 2.45) is 4.99 Å². The lowest BCUT2D eigenvalue weighted by Gasteiger charge is -2.22. The summed E-state index contributed by atoms with van der Waals surface area (Å²) in [4.78, 5) is 20.5. The molecule has 7 nitrogen and oxygen atoms in total. The molecule has 0 spiro atoms. The zero-order valence-corrected chi connectivity index (χ0v) is 17.8. The number of hydrogen-bond donors (Lipinski definition) is 2. The first kappa shape index (κ1) is 21.5. The number of amides is 2. The molecule has 7 heteroatoms. The molecule has 2 N–H and O–H groups in total. The van der Waals surface area contributed by atoms with E-state index in [1.807, 2.05) is 71.4 Å². The lowest BCUT2D eigenvalue weighted by molar-refractivity contribution is 0.222. The van der Waals surface area contributed by atoms with Crippen LogP contribution in [-0.2, 0) is 6.54 Å². The maximum absolute atomic E-state index is 12.3. The number of hydrogen-bond acceptors (Lipinski definition) is 3. The molecule has 1 saturated heterocycles. The summed E-state index contributed by atoms with van der Waals surface area (Å²) in [5.41, 5.74) is 1.88. The van der Waals surface area contributed by atoms with Crippen LogP contribution in [0.1, 0.15) is 18.4 Å². The first-order valence-electron chi connectivity index (χ1n) is 10.4. The number of likely N-dealkylation sites (tertiary alicyclic amines) is 1. The molecule has 2 aromatic rings. The minimum Gasteiger partial charge on any atom is -0.492 e. The molecule has 0 atom stereocenters. The summed E-state index contributed by atoms with van der Waals surface area (Å²) in [6.07, 6.45) is 2.17. The minimum absolute atomic E-state index is 0.0217. The van der Waals surface area contributed by atoms with Crippen LogP contribution in [0.4, 0.5) is 10.5 Å². The third-order valence-electron chi connectivity index (χ3n) is 5.03. The fraction of sp³-hybridized carbons (Fsp3) is 0.391. The predicted octanol–water partition coefficient (Wildman–Crippen LogP) is 3.40.